The fourth-order valence-electron chi connectivity index (χ4n) is 3.28. The van der Waals surface area contributed by atoms with E-state index in [0.29, 0.717) is 16.9 Å². The van der Waals surface area contributed by atoms with Crippen molar-refractivity contribution < 1.29 is 14.3 Å². The first-order chi connectivity index (χ1) is 15.1. The van der Waals surface area contributed by atoms with Gasteiger partial charge in [0.05, 0.1) is 11.1 Å². The predicted octanol–water partition coefficient (Wildman–Crippen LogP) is 5.12. The Labute approximate surface area is 193 Å². The molecule has 0 atom stereocenters. The highest BCUT2D eigenvalue weighted by molar-refractivity contribution is 8.16. The van der Waals surface area contributed by atoms with Gasteiger partial charge in [0.2, 0.25) is 5.91 Å². The van der Waals surface area contributed by atoms with Crippen LogP contribution in [0.1, 0.15) is 35.5 Å². The van der Waals surface area contributed by atoms with Crippen molar-refractivity contribution in [2.24, 2.45) is 0 Å². The van der Waals surface area contributed by atoms with Crippen molar-refractivity contribution in [1.29, 1.82) is 0 Å². The van der Waals surface area contributed by atoms with Crippen LogP contribution in [0.5, 0.6) is 5.75 Å². The summed E-state index contributed by atoms with van der Waals surface area (Å²) in [5.74, 6) is 2.68. The molecule has 3 rings (SSSR count). The van der Waals surface area contributed by atoms with Gasteiger partial charge in [0.1, 0.15) is 5.75 Å². The van der Waals surface area contributed by atoms with Crippen molar-refractivity contribution in [3.63, 3.8) is 0 Å². The van der Waals surface area contributed by atoms with Crippen molar-refractivity contribution in [2.45, 2.75) is 31.3 Å². The molecule has 0 unspecified atom stereocenters. The Kier molecular flexibility index (Phi) is 9.15. The summed E-state index contributed by atoms with van der Waals surface area (Å²) in [5, 5.41) is 2.89. The van der Waals surface area contributed by atoms with E-state index in [9.17, 15) is 9.59 Å². The van der Waals surface area contributed by atoms with Gasteiger partial charge < -0.3 is 15.0 Å². The van der Waals surface area contributed by atoms with Gasteiger partial charge >= 0.3 is 0 Å². The monoisotopic (exact) mass is 458 g/mol. The number of carbonyl (C=O) groups is 2. The van der Waals surface area contributed by atoms with Gasteiger partial charge in [-0.05, 0) is 60.6 Å². The van der Waals surface area contributed by atoms with E-state index in [0.717, 1.165) is 17.7 Å². The number of thioether (sulfide) groups is 2. The highest BCUT2D eigenvalue weighted by Gasteiger charge is 2.19. The van der Waals surface area contributed by atoms with E-state index in [2.05, 4.69) is 17.4 Å². The Morgan fingerprint density at radius 3 is 2.48 bits per heavy atom. The van der Waals surface area contributed by atoms with E-state index in [1.54, 1.807) is 4.90 Å². The number of nitrogens with one attached hydrogen (secondary N) is 1. The SMILES string of the molecule is CCCN(CC(=O)Nc1ccccc1C)C(=O)COc1ccc(C2SCCCS2)cc1. The van der Waals surface area contributed by atoms with Crippen LogP contribution in [0.2, 0.25) is 0 Å². The molecule has 166 valence electrons. The maximum atomic E-state index is 12.7. The lowest BCUT2D eigenvalue weighted by molar-refractivity contribution is -0.136. The molecule has 0 aliphatic carbocycles. The number of anilines is 1. The molecule has 1 aliphatic heterocycles. The topological polar surface area (TPSA) is 58.6 Å². The first-order valence-corrected chi connectivity index (χ1v) is 12.8. The number of rotatable bonds is 9. The number of hydrogen-bond donors (Lipinski definition) is 1. The molecular weight excluding hydrogens is 428 g/mol. The van der Waals surface area contributed by atoms with Crippen molar-refractivity contribution in [3.05, 3.63) is 59.7 Å². The Hall–Kier alpha value is -2.12. The minimum Gasteiger partial charge on any atom is -0.484 e. The maximum absolute atomic E-state index is 12.7. The van der Waals surface area contributed by atoms with Gasteiger partial charge in [-0.1, -0.05) is 37.3 Å². The standard InChI is InChI=1S/C24H30N2O3S2/c1-3-13-26(16-22(27)25-21-8-5-4-7-18(21)2)23(28)17-29-20-11-9-19(10-12-20)24-30-14-6-15-31-24/h4-5,7-12,24H,3,6,13-17H2,1-2H3,(H,25,27). The molecule has 1 fully saturated rings. The lowest BCUT2D eigenvalue weighted by Crippen LogP contribution is -2.41. The molecular formula is C24H30N2O3S2. The summed E-state index contributed by atoms with van der Waals surface area (Å²) in [7, 11) is 0. The van der Waals surface area contributed by atoms with Crippen LogP contribution in [0.4, 0.5) is 5.69 Å². The van der Waals surface area contributed by atoms with Gasteiger partial charge in [0.25, 0.3) is 5.91 Å². The Bertz CT molecular complexity index is 867. The van der Waals surface area contributed by atoms with E-state index < -0.39 is 0 Å². The van der Waals surface area contributed by atoms with E-state index in [4.69, 9.17) is 4.74 Å². The molecule has 2 amide bonds. The number of hydrogen-bond acceptors (Lipinski definition) is 5. The minimum absolute atomic E-state index is 0.0133. The molecule has 0 spiro atoms. The smallest absolute Gasteiger partial charge is 0.260 e. The van der Waals surface area contributed by atoms with Crippen LogP contribution >= 0.6 is 23.5 Å². The molecule has 5 nitrogen and oxygen atoms in total. The third kappa shape index (κ3) is 7.21. The second kappa shape index (κ2) is 12.1. The lowest BCUT2D eigenvalue weighted by Gasteiger charge is -2.22. The van der Waals surface area contributed by atoms with E-state index in [1.165, 1.54) is 23.5 Å². The maximum Gasteiger partial charge on any atom is 0.260 e. The molecule has 0 saturated carbocycles. The second-order valence-electron chi connectivity index (χ2n) is 7.46. The molecule has 2 aromatic carbocycles. The van der Waals surface area contributed by atoms with Gasteiger partial charge in [-0.3, -0.25) is 9.59 Å². The molecule has 1 heterocycles. The normalized spacial score (nSPS) is 14.1. The quantitative estimate of drug-likeness (QED) is 0.565. The first kappa shape index (κ1) is 23.5. The van der Waals surface area contributed by atoms with Crippen LogP contribution in [0.15, 0.2) is 48.5 Å². The first-order valence-electron chi connectivity index (χ1n) is 10.7. The third-order valence-corrected chi connectivity index (χ3v) is 7.96. The molecule has 1 N–H and O–H groups in total. The number of aryl methyl sites for hydroxylation is 1. The van der Waals surface area contributed by atoms with Crippen LogP contribution in [0, 0.1) is 6.92 Å². The van der Waals surface area contributed by atoms with Crippen LogP contribution < -0.4 is 10.1 Å². The molecule has 1 aliphatic rings. The van der Waals surface area contributed by atoms with Gasteiger partial charge in [-0.2, -0.15) is 0 Å². The van der Waals surface area contributed by atoms with Crippen LogP contribution in [-0.4, -0.2) is 47.9 Å². The molecule has 31 heavy (non-hydrogen) atoms. The second-order valence-corrected chi connectivity index (χ2v) is 10.2. The zero-order chi connectivity index (χ0) is 22.1. The van der Waals surface area contributed by atoms with Crippen molar-refractivity contribution in [3.8, 4) is 5.75 Å². The summed E-state index contributed by atoms with van der Waals surface area (Å²) in [5.41, 5.74) is 3.04. The fourth-order valence-corrected chi connectivity index (χ4v) is 6.17. The Morgan fingerprint density at radius 2 is 1.81 bits per heavy atom. The summed E-state index contributed by atoms with van der Waals surface area (Å²) in [6.45, 7) is 4.37. The predicted molar refractivity (Wildman–Crippen MR) is 131 cm³/mol. The summed E-state index contributed by atoms with van der Waals surface area (Å²) < 4.78 is 6.20. The molecule has 1 saturated heterocycles. The summed E-state index contributed by atoms with van der Waals surface area (Å²) in [6.07, 6.45) is 2.04. The average molecular weight is 459 g/mol. The van der Waals surface area contributed by atoms with Crippen molar-refractivity contribution >= 4 is 41.0 Å². The molecule has 2 aromatic rings. The van der Waals surface area contributed by atoms with Gasteiger partial charge in [0, 0.05) is 12.2 Å². The highest BCUT2D eigenvalue weighted by Crippen LogP contribution is 2.43. The fraction of sp³-hybridized carbons (Fsp3) is 0.417. The number of amides is 2. The summed E-state index contributed by atoms with van der Waals surface area (Å²) >= 11 is 3.96. The van der Waals surface area contributed by atoms with Crippen LogP contribution in [0.25, 0.3) is 0 Å². The summed E-state index contributed by atoms with van der Waals surface area (Å²) in [6, 6.07) is 15.6. The lowest BCUT2D eigenvalue weighted by atomic mass is 10.2. The number of benzene rings is 2. The van der Waals surface area contributed by atoms with Crippen molar-refractivity contribution in [2.75, 3.05) is 36.5 Å². The van der Waals surface area contributed by atoms with E-state index >= 15 is 0 Å². The summed E-state index contributed by atoms with van der Waals surface area (Å²) in [4.78, 5) is 26.7. The largest absolute Gasteiger partial charge is 0.484 e. The Balaban J connectivity index is 1.51. The molecule has 7 heteroatoms. The van der Waals surface area contributed by atoms with Crippen LogP contribution in [0.3, 0.4) is 0 Å². The van der Waals surface area contributed by atoms with E-state index in [-0.39, 0.29) is 25.0 Å². The number of carbonyl (C=O) groups excluding carboxylic acids is 2. The van der Waals surface area contributed by atoms with Gasteiger partial charge in [-0.15, -0.1) is 23.5 Å². The zero-order valence-electron chi connectivity index (χ0n) is 18.1. The molecule has 0 bridgehead atoms. The number of ether oxygens (including phenoxy) is 1. The highest BCUT2D eigenvalue weighted by atomic mass is 32.2. The van der Waals surface area contributed by atoms with Crippen LogP contribution in [-0.2, 0) is 9.59 Å². The van der Waals surface area contributed by atoms with E-state index in [1.807, 2.05) is 73.8 Å². The zero-order valence-corrected chi connectivity index (χ0v) is 19.8. The minimum atomic E-state index is -0.206. The molecule has 0 aromatic heterocycles. The average Bonchev–Trinajstić information content (AvgIpc) is 2.79. The van der Waals surface area contributed by atoms with Gasteiger partial charge in [-0.25, -0.2) is 0 Å². The number of para-hydroxylation sites is 1. The Morgan fingerprint density at radius 1 is 1.10 bits per heavy atom. The number of nitrogens with zero attached hydrogens (tertiary/aromatic N) is 1. The van der Waals surface area contributed by atoms with Crippen molar-refractivity contribution in [1.82, 2.24) is 4.90 Å². The van der Waals surface area contributed by atoms with Gasteiger partial charge in [0.15, 0.2) is 6.61 Å². The molecule has 0 radical (unpaired) electrons. The third-order valence-electron chi connectivity index (χ3n) is 4.94.